The Morgan fingerprint density at radius 3 is 1.56 bits per heavy atom. The minimum absolute atomic E-state index is 0.00456. The molecule has 2 heterocycles. The van der Waals surface area contributed by atoms with Gasteiger partial charge in [0.15, 0.2) is 17.9 Å². The van der Waals surface area contributed by atoms with Crippen LogP contribution in [0, 0.1) is 11.8 Å². The molecule has 4 rings (SSSR count). The highest BCUT2D eigenvalue weighted by Gasteiger charge is 2.41. The summed E-state index contributed by atoms with van der Waals surface area (Å²) < 4.78 is 0. The van der Waals surface area contributed by atoms with E-state index < -0.39 is 168 Å². The number of phenolic OH excluding ortho intramolecular Hbond substituents is 1. The number of aromatic hydroxyl groups is 1. The molecule has 39 nitrogen and oxygen atoms in total. The molecule has 0 aromatic heterocycles. The largest absolute Gasteiger partial charge is 0.508 e. The summed E-state index contributed by atoms with van der Waals surface area (Å²) in [6, 6.07) is -8.92. The van der Waals surface area contributed by atoms with Crippen LogP contribution in [0.5, 0.6) is 5.75 Å². The quantitative estimate of drug-likeness (QED) is 0.0246. The standard InChI is InChI=1S/C66H109N23O16S/c1-36(2)28-44-58(100)83-42(16-9-25-76-65(71)72)57(99)87-46(29-37-12-4-3-5-13-37)60(102)85-43(17-10-26-77-66(73)74)63(105)89-27-11-18-49(89)62(104)84-41(14-6-7-23-67)56(98)88-47(31-53(94)95)61(103)82-40(15-8-24-75-64(69)70)55(97)79-32-50(91)78-33-51(92)81-48(54(68)96)34-106-35-52(93)80-45(59(101)86-44)30-38-19-21-39(90)22-20-38/h19-22,36-37,40-49,90H,3-18,23-35,67H2,1-2H3,(H2,68,96)(H,78,91)(H,79,97)(H,80,93)(H,81,92)(H,82,103)(H,83,100)(H,84,104)(H,85,102)(H,86,101)(H,87,99)(H,88,98)(H,94,95)(H4,69,70,75)(H4,71,72,76)(H4,73,74,77)/t40-,41-,42-,43-,44-,45-,46-,47-,48-,49-/m0/s1. The number of amides is 13. The van der Waals surface area contributed by atoms with Crippen molar-refractivity contribution in [2.75, 3.05) is 57.3 Å². The van der Waals surface area contributed by atoms with E-state index in [0.29, 0.717) is 24.8 Å². The molecule has 29 N–H and O–H groups in total. The highest BCUT2D eigenvalue weighted by atomic mass is 32.2. The van der Waals surface area contributed by atoms with Crippen LogP contribution in [0.25, 0.3) is 0 Å². The molecule has 0 unspecified atom stereocenters. The second kappa shape index (κ2) is 46.5. The SMILES string of the molecule is CC(C)C[C@@H]1NC(=O)[C@H](Cc2ccc(O)cc2)NC(=O)CSC[C@@H](C(N)=O)NC(=O)CNC(=O)CNC(=O)[C@H](CCCN=C(N)N)NC(=O)[C@H](CC(=O)O)NC(=O)[C@H](CCCCN)NC(=O)[C@@H]2CCCN2C(=O)[C@H](CCCN=C(N)N)NC(=O)[C@H](CC2CCCCC2)NC(=O)[C@H](CCCN=C(N)N)NC1=O. The fourth-order valence-electron chi connectivity index (χ4n) is 12.1. The molecule has 3 aliphatic rings. The Morgan fingerprint density at radius 1 is 0.519 bits per heavy atom. The number of nitrogens with one attached hydrogen (secondary N) is 11. The second-order valence-corrected chi connectivity index (χ2v) is 27.8. The average molecular weight is 1510 g/mol. The van der Waals surface area contributed by atoms with Crippen molar-refractivity contribution in [3.63, 3.8) is 0 Å². The van der Waals surface area contributed by atoms with Gasteiger partial charge >= 0.3 is 5.97 Å². The molecule has 1 saturated carbocycles. The number of hydrogen-bond acceptors (Lipinski definition) is 20. The molecule has 106 heavy (non-hydrogen) atoms. The Kier molecular flexibility index (Phi) is 38.7. The lowest BCUT2D eigenvalue weighted by Gasteiger charge is -2.32. The van der Waals surface area contributed by atoms with E-state index in [1.165, 1.54) is 29.2 Å². The summed E-state index contributed by atoms with van der Waals surface area (Å²) in [6.07, 6.45) is 3.31. The molecule has 1 aromatic carbocycles. The predicted molar refractivity (Wildman–Crippen MR) is 392 cm³/mol. The number of aliphatic imine (C=N–C) groups is 3. The Morgan fingerprint density at radius 2 is 1.00 bits per heavy atom. The minimum Gasteiger partial charge on any atom is -0.508 e. The zero-order valence-corrected chi connectivity index (χ0v) is 61.0. The lowest BCUT2D eigenvalue weighted by atomic mass is 9.84. The van der Waals surface area contributed by atoms with Crippen LogP contribution < -0.4 is 104 Å². The summed E-state index contributed by atoms with van der Waals surface area (Å²) in [5.41, 5.74) is 45.5. The third kappa shape index (κ3) is 33.2. The zero-order chi connectivity index (χ0) is 78.4. The van der Waals surface area contributed by atoms with Gasteiger partial charge in [-0.2, -0.15) is 0 Å². The van der Waals surface area contributed by atoms with Crippen molar-refractivity contribution < 1.29 is 77.3 Å². The van der Waals surface area contributed by atoms with Gasteiger partial charge in [-0.3, -0.25) is 82.1 Å². The first-order valence-electron chi connectivity index (χ1n) is 35.6. The fraction of sp³-hybridized carbons (Fsp3) is 0.652. The highest BCUT2D eigenvalue weighted by molar-refractivity contribution is 8.00. The summed E-state index contributed by atoms with van der Waals surface area (Å²) in [4.78, 5) is 210. The number of aliphatic carboxylic acids is 1. The van der Waals surface area contributed by atoms with Gasteiger partial charge < -0.3 is 119 Å². The van der Waals surface area contributed by atoms with E-state index in [-0.39, 0.29) is 157 Å². The topological polar surface area (TPSA) is 660 Å². The molecule has 1 aliphatic carbocycles. The molecule has 40 heteroatoms. The molecule has 0 radical (unpaired) electrons. The number of fused-ring (bicyclic) bond motifs is 1. The van der Waals surface area contributed by atoms with Crippen LogP contribution >= 0.6 is 11.8 Å². The van der Waals surface area contributed by atoms with Gasteiger partial charge in [-0.1, -0.05) is 58.1 Å². The van der Waals surface area contributed by atoms with Gasteiger partial charge in [-0.05, 0) is 120 Å². The Bertz CT molecular complexity index is 3250. The number of carbonyl (C=O) groups excluding carboxylic acids is 13. The molecule has 590 valence electrons. The summed E-state index contributed by atoms with van der Waals surface area (Å²) >= 11 is 0.819. The maximum Gasteiger partial charge on any atom is 0.305 e. The number of carbonyl (C=O) groups is 14. The normalized spacial score (nSPS) is 24.1. The van der Waals surface area contributed by atoms with Crippen LogP contribution in [-0.2, 0) is 73.5 Å². The van der Waals surface area contributed by atoms with Gasteiger partial charge in [-0.25, -0.2) is 0 Å². The van der Waals surface area contributed by atoms with Crippen LogP contribution in [0.1, 0.15) is 141 Å². The smallest absolute Gasteiger partial charge is 0.305 e. The number of thioether (sulfide) groups is 1. The molecule has 1 aromatic rings. The van der Waals surface area contributed by atoms with Crippen molar-refractivity contribution >= 4 is 112 Å². The zero-order valence-electron chi connectivity index (χ0n) is 60.2. The maximum atomic E-state index is 15.1. The molecular formula is C66H109N23O16S. The molecule has 13 amide bonds. The third-order valence-corrected chi connectivity index (χ3v) is 18.5. The van der Waals surface area contributed by atoms with E-state index in [0.717, 1.165) is 31.0 Å². The lowest BCUT2D eigenvalue weighted by Crippen LogP contribution is -2.60. The Labute approximate surface area is 618 Å². The van der Waals surface area contributed by atoms with Crippen molar-refractivity contribution in [2.45, 2.75) is 203 Å². The third-order valence-electron chi connectivity index (χ3n) is 17.5. The van der Waals surface area contributed by atoms with Gasteiger partial charge in [0.2, 0.25) is 76.8 Å². The maximum absolute atomic E-state index is 15.1. The van der Waals surface area contributed by atoms with Crippen LogP contribution in [0.2, 0.25) is 0 Å². The summed E-state index contributed by atoms with van der Waals surface area (Å²) in [5, 5.41) is 48.4. The summed E-state index contributed by atoms with van der Waals surface area (Å²) in [6.45, 7) is 2.03. The number of unbranched alkanes of at least 4 members (excludes halogenated alkanes) is 1. The van der Waals surface area contributed by atoms with E-state index in [4.69, 9.17) is 45.9 Å². The Balaban J connectivity index is 1.84. The number of carboxylic acids is 1. The Hall–Kier alpha value is -10.3. The number of nitrogens with zero attached hydrogens (tertiary/aromatic N) is 4. The number of rotatable bonds is 25. The second-order valence-electron chi connectivity index (χ2n) is 26.7. The van der Waals surface area contributed by atoms with Crippen LogP contribution in [-0.4, -0.2) is 233 Å². The van der Waals surface area contributed by atoms with Crippen molar-refractivity contribution in [3.05, 3.63) is 29.8 Å². The van der Waals surface area contributed by atoms with Crippen LogP contribution in [0.3, 0.4) is 0 Å². The number of carboxylic acid groups (broad SMARTS) is 1. The molecule has 10 atom stereocenters. The van der Waals surface area contributed by atoms with Crippen molar-refractivity contribution in [1.82, 2.24) is 63.4 Å². The number of primary amides is 1. The predicted octanol–water partition coefficient (Wildman–Crippen LogP) is -6.47. The first kappa shape index (κ1) is 88.1. The highest BCUT2D eigenvalue weighted by Crippen LogP contribution is 2.28. The fourth-order valence-corrected chi connectivity index (χ4v) is 13.0. The molecule has 2 aliphatic heterocycles. The minimum atomic E-state index is -1.91. The molecule has 0 spiro atoms. The number of phenols is 1. The first-order valence-corrected chi connectivity index (χ1v) is 36.8. The monoisotopic (exact) mass is 1510 g/mol. The molecule has 3 fully saturated rings. The van der Waals surface area contributed by atoms with E-state index in [1.807, 2.05) is 0 Å². The molecular weight excluding hydrogens is 1400 g/mol. The van der Waals surface area contributed by atoms with Crippen LogP contribution in [0.15, 0.2) is 39.2 Å². The van der Waals surface area contributed by atoms with Gasteiger partial charge in [0.25, 0.3) is 0 Å². The van der Waals surface area contributed by atoms with Crippen molar-refractivity contribution in [3.8, 4) is 5.75 Å². The number of guanidine groups is 3. The van der Waals surface area contributed by atoms with E-state index in [2.05, 4.69) is 73.5 Å². The van der Waals surface area contributed by atoms with Gasteiger partial charge in [-0.15, -0.1) is 11.8 Å². The lowest BCUT2D eigenvalue weighted by molar-refractivity contribution is -0.143. The van der Waals surface area contributed by atoms with E-state index in [9.17, 15) is 67.7 Å². The molecule has 2 saturated heterocycles. The van der Waals surface area contributed by atoms with E-state index >= 15 is 9.59 Å². The first-order chi connectivity index (χ1) is 50.3. The van der Waals surface area contributed by atoms with Crippen molar-refractivity contribution in [1.29, 1.82) is 0 Å². The number of nitrogens with two attached hydrogens (primary N) is 8. The van der Waals surface area contributed by atoms with Crippen LogP contribution in [0.4, 0.5) is 0 Å². The van der Waals surface area contributed by atoms with Gasteiger partial charge in [0, 0.05) is 38.4 Å². The van der Waals surface area contributed by atoms with Gasteiger partial charge in [0.1, 0.15) is 66.2 Å². The van der Waals surface area contributed by atoms with Gasteiger partial charge in [0.05, 0.1) is 25.3 Å². The number of benzene rings is 1. The van der Waals surface area contributed by atoms with E-state index in [1.54, 1.807) is 13.8 Å². The molecule has 0 bridgehead atoms. The summed E-state index contributed by atoms with van der Waals surface area (Å²) in [5.74, 6) is -15.5. The summed E-state index contributed by atoms with van der Waals surface area (Å²) in [7, 11) is 0. The van der Waals surface area contributed by atoms with Crippen molar-refractivity contribution in [2.24, 2.45) is 72.7 Å². The number of hydrogen-bond donors (Lipinski definition) is 21. The average Bonchev–Trinajstić information content (AvgIpc) is 1.61.